The third kappa shape index (κ3) is 3.76. The predicted octanol–water partition coefficient (Wildman–Crippen LogP) is 5.02. The monoisotopic (exact) mass is 446 g/mol. The summed E-state index contributed by atoms with van der Waals surface area (Å²) in [6, 6.07) is 16.7. The minimum Gasteiger partial charge on any atom is -0.383 e. The van der Waals surface area contributed by atoms with E-state index in [-0.39, 0.29) is 17.1 Å². The van der Waals surface area contributed by atoms with Crippen LogP contribution < -0.4 is 5.73 Å². The maximum absolute atomic E-state index is 13.7. The molecule has 1 aliphatic heterocycles. The molecule has 1 aromatic heterocycles. The SMILES string of the molecule is CN(C)N1C(N)=C(C#N)[C@@H](c2ccc(C(C)(C)C)s2)C2=C1C[C@@H](c1ccccc1)CC2=O. The highest BCUT2D eigenvalue weighted by Gasteiger charge is 2.43. The smallest absolute Gasteiger partial charge is 0.162 e. The normalized spacial score (nSPS) is 21.8. The summed E-state index contributed by atoms with van der Waals surface area (Å²) in [5.74, 6) is 0.198. The summed E-state index contributed by atoms with van der Waals surface area (Å²) in [5, 5.41) is 13.8. The molecule has 0 saturated carbocycles. The zero-order chi connectivity index (χ0) is 23.2. The van der Waals surface area contributed by atoms with E-state index in [1.165, 1.54) is 4.88 Å². The maximum atomic E-state index is 13.7. The second-order valence-electron chi connectivity index (χ2n) is 9.75. The summed E-state index contributed by atoms with van der Waals surface area (Å²) in [4.78, 5) is 15.9. The second kappa shape index (κ2) is 8.23. The lowest BCUT2D eigenvalue weighted by Gasteiger charge is -2.43. The van der Waals surface area contributed by atoms with E-state index < -0.39 is 5.92 Å². The molecule has 0 fully saturated rings. The van der Waals surface area contributed by atoms with E-state index in [1.54, 1.807) is 11.3 Å². The van der Waals surface area contributed by atoms with Gasteiger partial charge in [-0.1, -0.05) is 51.1 Å². The Morgan fingerprint density at radius 1 is 1.12 bits per heavy atom. The molecule has 6 heteroatoms. The lowest BCUT2D eigenvalue weighted by molar-refractivity contribution is -0.117. The van der Waals surface area contributed by atoms with Crippen LogP contribution in [0.3, 0.4) is 0 Å². The number of benzene rings is 1. The Morgan fingerprint density at radius 2 is 1.81 bits per heavy atom. The van der Waals surface area contributed by atoms with E-state index in [4.69, 9.17) is 5.73 Å². The van der Waals surface area contributed by atoms with Crippen molar-refractivity contribution in [2.24, 2.45) is 5.73 Å². The molecule has 0 spiro atoms. The molecular formula is C26H30N4OS. The number of hydrogen-bond donors (Lipinski definition) is 1. The van der Waals surface area contributed by atoms with Crippen LogP contribution in [0.25, 0.3) is 0 Å². The summed E-state index contributed by atoms with van der Waals surface area (Å²) in [5.41, 5.74) is 9.83. The molecule has 2 atom stereocenters. The fourth-order valence-electron chi connectivity index (χ4n) is 4.73. The molecule has 1 aliphatic carbocycles. The highest BCUT2D eigenvalue weighted by atomic mass is 32.1. The number of nitriles is 1. The lowest BCUT2D eigenvalue weighted by atomic mass is 9.74. The van der Waals surface area contributed by atoms with Gasteiger partial charge in [0, 0.05) is 41.5 Å². The summed E-state index contributed by atoms with van der Waals surface area (Å²) in [6.07, 6.45) is 1.15. The van der Waals surface area contributed by atoms with Gasteiger partial charge in [-0.05, 0) is 35.4 Å². The first-order chi connectivity index (χ1) is 15.1. The first-order valence-corrected chi connectivity index (χ1v) is 11.7. The van der Waals surface area contributed by atoms with Gasteiger partial charge in [0.2, 0.25) is 0 Å². The average Bonchev–Trinajstić information content (AvgIpc) is 3.23. The number of hydrogen-bond acceptors (Lipinski definition) is 6. The maximum Gasteiger partial charge on any atom is 0.162 e. The molecule has 166 valence electrons. The average molecular weight is 447 g/mol. The van der Waals surface area contributed by atoms with Gasteiger partial charge < -0.3 is 5.73 Å². The number of Topliss-reactive ketones (excluding diaryl/α,β-unsaturated/α-hetero) is 1. The summed E-state index contributed by atoms with van der Waals surface area (Å²) >= 11 is 1.67. The first-order valence-electron chi connectivity index (χ1n) is 10.9. The molecule has 0 radical (unpaired) electrons. The zero-order valence-corrected chi connectivity index (χ0v) is 20.2. The van der Waals surface area contributed by atoms with Crippen LogP contribution in [0.5, 0.6) is 0 Å². The number of carbonyl (C=O) groups is 1. The van der Waals surface area contributed by atoms with Crippen LogP contribution in [0.2, 0.25) is 0 Å². The topological polar surface area (TPSA) is 73.4 Å². The minimum absolute atomic E-state index is 0.00150. The van der Waals surface area contributed by atoms with E-state index in [0.29, 0.717) is 24.2 Å². The Labute approximate surface area is 194 Å². The van der Waals surface area contributed by atoms with E-state index in [2.05, 4.69) is 51.1 Å². The number of thiophene rings is 1. The van der Waals surface area contributed by atoms with Crippen molar-refractivity contribution in [3.63, 3.8) is 0 Å². The fraction of sp³-hybridized carbons (Fsp3) is 0.385. The molecule has 0 saturated heterocycles. The number of nitrogens with zero attached hydrogens (tertiary/aromatic N) is 3. The van der Waals surface area contributed by atoms with Gasteiger partial charge in [0.15, 0.2) is 5.78 Å². The van der Waals surface area contributed by atoms with Crippen molar-refractivity contribution >= 4 is 17.1 Å². The van der Waals surface area contributed by atoms with Crippen LogP contribution in [-0.2, 0) is 10.2 Å². The van der Waals surface area contributed by atoms with Gasteiger partial charge in [0.25, 0.3) is 0 Å². The molecule has 5 nitrogen and oxygen atoms in total. The third-order valence-electron chi connectivity index (χ3n) is 6.26. The summed E-state index contributed by atoms with van der Waals surface area (Å²) in [7, 11) is 3.79. The molecule has 2 aliphatic rings. The van der Waals surface area contributed by atoms with Crippen molar-refractivity contribution < 1.29 is 4.79 Å². The van der Waals surface area contributed by atoms with E-state index in [0.717, 1.165) is 21.7 Å². The quantitative estimate of drug-likeness (QED) is 0.717. The largest absolute Gasteiger partial charge is 0.383 e. The van der Waals surface area contributed by atoms with E-state index in [9.17, 15) is 10.1 Å². The zero-order valence-electron chi connectivity index (χ0n) is 19.3. The fourth-order valence-corrected chi connectivity index (χ4v) is 5.91. The Balaban J connectivity index is 1.88. The molecule has 2 N–H and O–H groups in total. The van der Waals surface area contributed by atoms with Crippen molar-refractivity contribution in [3.05, 3.63) is 80.4 Å². The van der Waals surface area contributed by atoms with Crippen LogP contribution >= 0.6 is 11.3 Å². The molecular weight excluding hydrogens is 416 g/mol. The van der Waals surface area contributed by atoms with Crippen molar-refractivity contribution in [3.8, 4) is 6.07 Å². The molecule has 2 heterocycles. The lowest BCUT2D eigenvalue weighted by Crippen LogP contribution is -2.45. The molecule has 2 aromatic rings. The van der Waals surface area contributed by atoms with Crippen molar-refractivity contribution in [1.82, 2.24) is 10.0 Å². The van der Waals surface area contributed by atoms with Gasteiger partial charge in [-0.25, -0.2) is 5.01 Å². The van der Waals surface area contributed by atoms with Crippen LogP contribution in [0.1, 0.15) is 60.8 Å². The van der Waals surface area contributed by atoms with E-state index >= 15 is 0 Å². The number of rotatable bonds is 3. The van der Waals surface area contributed by atoms with Gasteiger partial charge in [-0.3, -0.25) is 9.80 Å². The number of carbonyl (C=O) groups excluding carboxylic acids is 1. The first kappa shape index (κ1) is 22.3. The van der Waals surface area contributed by atoms with Crippen LogP contribution in [-0.4, -0.2) is 29.9 Å². The van der Waals surface area contributed by atoms with Gasteiger partial charge in [-0.15, -0.1) is 11.3 Å². The highest BCUT2D eigenvalue weighted by Crippen LogP contribution is 2.49. The molecule has 4 rings (SSSR count). The van der Waals surface area contributed by atoms with E-state index in [1.807, 2.05) is 42.3 Å². The summed E-state index contributed by atoms with van der Waals surface area (Å²) < 4.78 is 0. The molecule has 0 amide bonds. The van der Waals surface area contributed by atoms with Crippen molar-refractivity contribution in [1.29, 1.82) is 5.26 Å². The highest BCUT2D eigenvalue weighted by molar-refractivity contribution is 7.12. The number of ketones is 1. The minimum atomic E-state index is -0.406. The Bertz CT molecular complexity index is 1140. The van der Waals surface area contributed by atoms with Gasteiger partial charge in [-0.2, -0.15) is 5.26 Å². The molecule has 1 aromatic carbocycles. The van der Waals surface area contributed by atoms with Gasteiger partial charge >= 0.3 is 0 Å². The number of nitrogens with two attached hydrogens (primary N) is 1. The van der Waals surface area contributed by atoms with Crippen LogP contribution in [0.15, 0.2) is 65.1 Å². The van der Waals surface area contributed by atoms with Crippen molar-refractivity contribution in [2.75, 3.05) is 14.1 Å². The second-order valence-corrected chi connectivity index (χ2v) is 10.9. The van der Waals surface area contributed by atoms with Crippen molar-refractivity contribution in [2.45, 2.75) is 50.9 Å². The molecule has 32 heavy (non-hydrogen) atoms. The summed E-state index contributed by atoms with van der Waals surface area (Å²) in [6.45, 7) is 6.52. The Hall–Kier alpha value is -2.88. The van der Waals surface area contributed by atoms with Gasteiger partial charge in [0.1, 0.15) is 5.82 Å². The Kier molecular flexibility index (Phi) is 5.74. The number of allylic oxidation sites excluding steroid dienone is 3. The molecule has 0 bridgehead atoms. The third-order valence-corrected chi connectivity index (χ3v) is 7.84. The predicted molar refractivity (Wildman–Crippen MR) is 129 cm³/mol. The number of hydrazine groups is 1. The molecule has 0 unspecified atom stereocenters. The Morgan fingerprint density at radius 3 is 2.38 bits per heavy atom. The van der Waals surface area contributed by atoms with Crippen LogP contribution in [0, 0.1) is 11.3 Å². The standard InChI is InChI=1S/C26H30N4OS/c1-26(2,3)22-12-11-21(32-22)23-18(15-27)25(28)30(29(4)5)19-13-17(14-20(31)24(19)23)16-9-7-6-8-10-16/h6-12,17,23H,13-14,28H2,1-5H3/t17-,23+/m1/s1. The van der Waals surface area contributed by atoms with Gasteiger partial charge in [0.05, 0.1) is 17.6 Å². The van der Waals surface area contributed by atoms with Crippen LogP contribution in [0.4, 0.5) is 0 Å².